The van der Waals surface area contributed by atoms with Crippen molar-refractivity contribution in [1.29, 1.82) is 0 Å². The van der Waals surface area contributed by atoms with Crippen LogP contribution in [0.5, 0.6) is 0 Å². The molecule has 1 heterocycles. The molecule has 0 fully saturated rings. The summed E-state index contributed by atoms with van der Waals surface area (Å²) >= 11 is 0. The predicted octanol–water partition coefficient (Wildman–Crippen LogP) is 1.48. The summed E-state index contributed by atoms with van der Waals surface area (Å²) in [5.41, 5.74) is 0.845. The third kappa shape index (κ3) is 3.40. The van der Waals surface area contributed by atoms with Crippen molar-refractivity contribution in [3.8, 4) is 0 Å². The fourth-order valence-corrected chi connectivity index (χ4v) is 3.01. The molecule has 0 saturated heterocycles. The van der Waals surface area contributed by atoms with Crippen molar-refractivity contribution in [3.63, 3.8) is 0 Å². The zero-order valence-corrected chi connectivity index (χ0v) is 12.5. The zero-order chi connectivity index (χ0) is 15.6. The van der Waals surface area contributed by atoms with E-state index in [1.54, 1.807) is 24.3 Å². The Morgan fingerprint density at radius 2 is 2.05 bits per heavy atom. The minimum absolute atomic E-state index is 0.0125. The molecular formula is C13H16N2O5S. The highest BCUT2D eigenvalue weighted by atomic mass is 32.2. The van der Waals surface area contributed by atoms with E-state index in [2.05, 4.69) is 4.98 Å². The van der Waals surface area contributed by atoms with Gasteiger partial charge in [0.2, 0.25) is 0 Å². The van der Waals surface area contributed by atoms with Gasteiger partial charge in [0.1, 0.15) is 6.54 Å². The van der Waals surface area contributed by atoms with Crippen LogP contribution < -0.4 is 0 Å². The third-order valence-corrected chi connectivity index (χ3v) is 3.90. The van der Waals surface area contributed by atoms with Crippen LogP contribution in [0.15, 0.2) is 29.4 Å². The van der Waals surface area contributed by atoms with Crippen LogP contribution >= 0.6 is 0 Å². The van der Waals surface area contributed by atoms with E-state index >= 15 is 0 Å². The summed E-state index contributed by atoms with van der Waals surface area (Å²) in [5, 5.41) is 8.59. The Morgan fingerprint density at radius 1 is 1.38 bits per heavy atom. The SMILES string of the molecule is CC(C)COS(=O)(=O)c1nc2ccccc2n1CC(=O)O. The molecule has 0 radical (unpaired) electrons. The third-order valence-electron chi connectivity index (χ3n) is 2.69. The summed E-state index contributed by atoms with van der Waals surface area (Å²) in [4.78, 5) is 15.0. The number of para-hydroxylation sites is 2. The maximum Gasteiger partial charge on any atom is 0.331 e. The van der Waals surface area contributed by atoms with E-state index in [9.17, 15) is 13.2 Å². The molecule has 2 rings (SSSR count). The molecule has 0 amide bonds. The lowest BCUT2D eigenvalue weighted by Gasteiger charge is -2.09. The second-order valence-corrected chi connectivity index (χ2v) is 6.50. The molecule has 0 aliphatic rings. The summed E-state index contributed by atoms with van der Waals surface area (Å²) in [7, 11) is -4.10. The molecule has 114 valence electrons. The number of aromatic nitrogens is 2. The highest BCUT2D eigenvalue weighted by Crippen LogP contribution is 2.21. The Balaban J connectivity index is 2.54. The number of carbonyl (C=O) groups is 1. The summed E-state index contributed by atoms with van der Waals surface area (Å²) in [6, 6.07) is 6.63. The average Bonchev–Trinajstić information content (AvgIpc) is 2.76. The fourth-order valence-electron chi connectivity index (χ4n) is 1.81. The summed E-state index contributed by atoms with van der Waals surface area (Å²) in [5.74, 6) is -1.13. The number of benzene rings is 1. The van der Waals surface area contributed by atoms with Crippen molar-refractivity contribution in [2.24, 2.45) is 5.92 Å². The van der Waals surface area contributed by atoms with Gasteiger partial charge in [0, 0.05) is 0 Å². The molecule has 0 unspecified atom stereocenters. The standard InChI is InChI=1S/C13H16N2O5S/c1-9(2)8-20-21(18,19)13-14-10-5-3-4-6-11(10)15(13)7-12(16)17/h3-6,9H,7-8H2,1-2H3,(H,16,17). The highest BCUT2D eigenvalue weighted by molar-refractivity contribution is 7.86. The first kappa shape index (κ1) is 15.5. The van der Waals surface area contributed by atoms with Crippen molar-refractivity contribution < 1.29 is 22.5 Å². The van der Waals surface area contributed by atoms with E-state index in [-0.39, 0.29) is 17.7 Å². The van der Waals surface area contributed by atoms with Crippen LogP contribution in [0, 0.1) is 5.92 Å². The highest BCUT2D eigenvalue weighted by Gasteiger charge is 2.26. The van der Waals surface area contributed by atoms with Gasteiger partial charge in [0.15, 0.2) is 0 Å². The van der Waals surface area contributed by atoms with Crippen molar-refractivity contribution in [3.05, 3.63) is 24.3 Å². The van der Waals surface area contributed by atoms with E-state index in [1.807, 2.05) is 13.8 Å². The molecule has 0 atom stereocenters. The maximum absolute atomic E-state index is 12.2. The molecule has 0 aliphatic carbocycles. The van der Waals surface area contributed by atoms with Crippen LogP contribution in [0.25, 0.3) is 11.0 Å². The predicted molar refractivity (Wildman–Crippen MR) is 75.3 cm³/mol. The second kappa shape index (κ2) is 5.82. The van der Waals surface area contributed by atoms with E-state index < -0.39 is 22.6 Å². The van der Waals surface area contributed by atoms with Crippen molar-refractivity contribution in [2.75, 3.05) is 6.61 Å². The van der Waals surface area contributed by atoms with Crippen LogP contribution in [-0.2, 0) is 25.6 Å². The molecule has 1 N–H and O–H groups in total. The Labute approximate surface area is 122 Å². The monoisotopic (exact) mass is 312 g/mol. The van der Waals surface area contributed by atoms with Gasteiger partial charge in [-0.25, -0.2) is 4.98 Å². The number of hydrogen-bond acceptors (Lipinski definition) is 5. The summed E-state index contributed by atoms with van der Waals surface area (Å²) in [6.45, 7) is 3.14. The number of aliphatic carboxylic acids is 1. The van der Waals surface area contributed by atoms with E-state index in [4.69, 9.17) is 9.29 Å². The van der Waals surface area contributed by atoms with Gasteiger partial charge in [-0.15, -0.1) is 0 Å². The molecule has 1 aromatic carbocycles. The maximum atomic E-state index is 12.2. The van der Waals surface area contributed by atoms with Gasteiger partial charge in [0.05, 0.1) is 17.6 Å². The number of fused-ring (bicyclic) bond motifs is 1. The molecular weight excluding hydrogens is 296 g/mol. The number of carboxylic acid groups (broad SMARTS) is 1. The molecule has 2 aromatic rings. The van der Waals surface area contributed by atoms with Gasteiger partial charge >= 0.3 is 16.1 Å². The van der Waals surface area contributed by atoms with Crippen molar-refractivity contribution in [2.45, 2.75) is 25.5 Å². The zero-order valence-electron chi connectivity index (χ0n) is 11.7. The van der Waals surface area contributed by atoms with Crippen LogP contribution in [0.2, 0.25) is 0 Å². The Hall–Kier alpha value is -1.93. The molecule has 7 nitrogen and oxygen atoms in total. The second-order valence-electron chi connectivity index (χ2n) is 5.00. The Kier molecular flexibility index (Phi) is 4.29. The summed E-state index contributed by atoms with van der Waals surface area (Å²) in [6.07, 6.45) is 0. The molecule has 0 saturated carbocycles. The van der Waals surface area contributed by atoms with Crippen LogP contribution in [-0.4, -0.2) is 35.7 Å². The molecule has 1 aromatic heterocycles. The number of nitrogens with zero attached hydrogens (tertiary/aromatic N) is 2. The minimum Gasteiger partial charge on any atom is -0.480 e. The number of imidazole rings is 1. The van der Waals surface area contributed by atoms with Gasteiger partial charge in [0.25, 0.3) is 5.16 Å². The lowest BCUT2D eigenvalue weighted by Crippen LogP contribution is -2.19. The lowest BCUT2D eigenvalue weighted by atomic mass is 10.2. The number of hydrogen-bond donors (Lipinski definition) is 1. The fraction of sp³-hybridized carbons (Fsp3) is 0.385. The Morgan fingerprint density at radius 3 is 2.67 bits per heavy atom. The minimum atomic E-state index is -4.10. The van der Waals surface area contributed by atoms with Crippen LogP contribution in [0.4, 0.5) is 0 Å². The first-order valence-corrected chi connectivity index (χ1v) is 7.78. The molecule has 0 spiro atoms. The van der Waals surface area contributed by atoms with Gasteiger partial charge in [-0.3, -0.25) is 8.98 Å². The average molecular weight is 312 g/mol. The quantitative estimate of drug-likeness (QED) is 0.811. The van der Waals surface area contributed by atoms with Crippen LogP contribution in [0.1, 0.15) is 13.8 Å². The largest absolute Gasteiger partial charge is 0.480 e. The van der Waals surface area contributed by atoms with E-state index in [0.717, 1.165) is 4.57 Å². The number of carboxylic acids is 1. The Bertz CT molecular complexity index is 764. The first-order chi connectivity index (χ1) is 9.81. The van der Waals surface area contributed by atoms with E-state index in [0.29, 0.717) is 11.0 Å². The molecule has 21 heavy (non-hydrogen) atoms. The van der Waals surface area contributed by atoms with Crippen molar-refractivity contribution in [1.82, 2.24) is 9.55 Å². The first-order valence-electron chi connectivity index (χ1n) is 6.38. The van der Waals surface area contributed by atoms with E-state index in [1.165, 1.54) is 0 Å². The summed E-state index contributed by atoms with van der Waals surface area (Å²) < 4.78 is 30.5. The smallest absolute Gasteiger partial charge is 0.331 e. The normalized spacial score (nSPS) is 12.1. The van der Waals surface area contributed by atoms with Crippen LogP contribution in [0.3, 0.4) is 0 Å². The van der Waals surface area contributed by atoms with Gasteiger partial charge in [-0.1, -0.05) is 26.0 Å². The molecule has 0 aliphatic heterocycles. The lowest BCUT2D eigenvalue weighted by molar-refractivity contribution is -0.137. The van der Waals surface area contributed by atoms with Gasteiger partial charge in [-0.05, 0) is 18.1 Å². The number of rotatable bonds is 6. The molecule has 0 bridgehead atoms. The van der Waals surface area contributed by atoms with Gasteiger partial charge in [-0.2, -0.15) is 8.42 Å². The molecule has 8 heteroatoms. The topological polar surface area (TPSA) is 98.5 Å². The van der Waals surface area contributed by atoms with Gasteiger partial charge < -0.3 is 9.67 Å². The van der Waals surface area contributed by atoms with Crippen molar-refractivity contribution >= 4 is 27.1 Å².